The summed E-state index contributed by atoms with van der Waals surface area (Å²) in [7, 11) is 0. The molecule has 2 unspecified atom stereocenters. The van der Waals surface area contributed by atoms with Crippen LogP contribution in [0.5, 0.6) is 0 Å². The number of pyridine rings is 1. The molecule has 1 amide bonds. The number of ether oxygens (including phenoxy) is 1. The van der Waals surface area contributed by atoms with E-state index in [-0.39, 0.29) is 18.1 Å². The zero-order chi connectivity index (χ0) is 11.5. The zero-order valence-electron chi connectivity index (χ0n) is 9.59. The van der Waals surface area contributed by atoms with Crippen LogP contribution in [0.15, 0.2) is 24.5 Å². The van der Waals surface area contributed by atoms with E-state index in [0.29, 0.717) is 18.7 Å². The zero-order valence-corrected chi connectivity index (χ0v) is 9.59. The largest absolute Gasteiger partial charge is 0.375 e. The first-order valence-electron chi connectivity index (χ1n) is 5.51. The van der Waals surface area contributed by atoms with E-state index in [1.54, 1.807) is 24.5 Å². The number of carbonyl (C=O) groups is 1. The van der Waals surface area contributed by atoms with Gasteiger partial charge in [-0.05, 0) is 26.0 Å². The monoisotopic (exact) mass is 220 g/mol. The van der Waals surface area contributed by atoms with E-state index in [1.165, 1.54) is 0 Å². The summed E-state index contributed by atoms with van der Waals surface area (Å²) < 4.78 is 5.50. The van der Waals surface area contributed by atoms with E-state index in [2.05, 4.69) is 4.98 Å². The van der Waals surface area contributed by atoms with E-state index in [1.807, 2.05) is 18.7 Å². The molecule has 2 rings (SSSR count). The summed E-state index contributed by atoms with van der Waals surface area (Å²) in [5, 5.41) is 0. The van der Waals surface area contributed by atoms with Crippen LogP contribution in [-0.2, 0) is 4.74 Å². The molecule has 86 valence electrons. The molecule has 16 heavy (non-hydrogen) atoms. The Hall–Kier alpha value is -1.42. The first kappa shape index (κ1) is 11.1. The van der Waals surface area contributed by atoms with Crippen molar-refractivity contribution in [1.29, 1.82) is 0 Å². The highest BCUT2D eigenvalue weighted by Gasteiger charge is 2.27. The Bertz CT molecular complexity index is 367. The molecule has 0 aromatic carbocycles. The molecule has 0 aliphatic carbocycles. The average molecular weight is 220 g/mol. The second kappa shape index (κ2) is 4.61. The Labute approximate surface area is 95.2 Å². The standard InChI is InChI=1S/C12H16N2O2/c1-9-8-16-10(2)7-14(9)12(15)11-3-5-13-6-4-11/h3-6,9-10H,7-8H2,1-2H3. The van der Waals surface area contributed by atoms with Crippen molar-refractivity contribution in [2.75, 3.05) is 13.2 Å². The molecule has 2 heterocycles. The highest BCUT2D eigenvalue weighted by molar-refractivity contribution is 5.94. The van der Waals surface area contributed by atoms with Crippen molar-refractivity contribution >= 4 is 5.91 Å². The predicted octanol–water partition coefficient (Wildman–Crippen LogP) is 1.33. The van der Waals surface area contributed by atoms with Crippen LogP contribution in [0.3, 0.4) is 0 Å². The van der Waals surface area contributed by atoms with Gasteiger partial charge in [0.2, 0.25) is 0 Å². The Kier molecular flexibility index (Phi) is 3.19. The van der Waals surface area contributed by atoms with Gasteiger partial charge in [0, 0.05) is 24.5 Å². The molecule has 0 radical (unpaired) electrons. The van der Waals surface area contributed by atoms with Gasteiger partial charge < -0.3 is 9.64 Å². The molecule has 2 atom stereocenters. The molecule has 0 saturated carbocycles. The van der Waals surface area contributed by atoms with Gasteiger partial charge in [0.15, 0.2) is 0 Å². The quantitative estimate of drug-likeness (QED) is 0.717. The lowest BCUT2D eigenvalue weighted by molar-refractivity contribution is -0.0387. The Morgan fingerprint density at radius 2 is 2.12 bits per heavy atom. The Balaban J connectivity index is 2.15. The van der Waals surface area contributed by atoms with Gasteiger partial charge in [-0.3, -0.25) is 9.78 Å². The van der Waals surface area contributed by atoms with Crippen molar-refractivity contribution in [3.8, 4) is 0 Å². The van der Waals surface area contributed by atoms with E-state index < -0.39 is 0 Å². The molecule has 0 N–H and O–H groups in total. The van der Waals surface area contributed by atoms with Gasteiger partial charge in [0.05, 0.1) is 18.8 Å². The van der Waals surface area contributed by atoms with Crippen molar-refractivity contribution in [1.82, 2.24) is 9.88 Å². The van der Waals surface area contributed by atoms with E-state index in [0.717, 1.165) is 0 Å². The predicted molar refractivity (Wildman–Crippen MR) is 60.1 cm³/mol. The van der Waals surface area contributed by atoms with Gasteiger partial charge in [-0.1, -0.05) is 0 Å². The van der Waals surface area contributed by atoms with E-state index in [9.17, 15) is 4.79 Å². The molecule has 1 aliphatic rings. The summed E-state index contributed by atoms with van der Waals surface area (Å²) in [5.74, 6) is 0.0602. The van der Waals surface area contributed by atoms with Crippen molar-refractivity contribution in [3.63, 3.8) is 0 Å². The normalized spacial score (nSPS) is 25.5. The van der Waals surface area contributed by atoms with Crippen LogP contribution in [0.2, 0.25) is 0 Å². The van der Waals surface area contributed by atoms with Crippen molar-refractivity contribution in [2.45, 2.75) is 26.0 Å². The second-order valence-electron chi connectivity index (χ2n) is 4.19. The summed E-state index contributed by atoms with van der Waals surface area (Å²) in [6.07, 6.45) is 3.39. The molecule has 1 saturated heterocycles. The number of amides is 1. The summed E-state index contributed by atoms with van der Waals surface area (Å²) in [6.45, 7) is 5.25. The minimum Gasteiger partial charge on any atom is -0.375 e. The Morgan fingerprint density at radius 1 is 1.44 bits per heavy atom. The van der Waals surface area contributed by atoms with Crippen LogP contribution in [0.1, 0.15) is 24.2 Å². The Morgan fingerprint density at radius 3 is 2.81 bits per heavy atom. The molecule has 0 spiro atoms. The lowest BCUT2D eigenvalue weighted by Crippen LogP contribution is -2.50. The maximum Gasteiger partial charge on any atom is 0.254 e. The number of hydrogen-bond acceptors (Lipinski definition) is 3. The maximum absolute atomic E-state index is 12.2. The van der Waals surface area contributed by atoms with Crippen LogP contribution in [0.25, 0.3) is 0 Å². The van der Waals surface area contributed by atoms with E-state index in [4.69, 9.17) is 4.74 Å². The van der Waals surface area contributed by atoms with Crippen LogP contribution < -0.4 is 0 Å². The SMILES string of the molecule is CC1CN(C(=O)c2ccncc2)C(C)CO1. The van der Waals surface area contributed by atoms with E-state index >= 15 is 0 Å². The number of carbonyl (C=O) groups excluding carboxylic acids is 1. The fraction of sp³-hybridized carbons (Fsp3) is 0.500. The molecular weight excluding hydrogens is 204 g/mol. The molecule has 4 heteroatoms. The topological polar surface area (TPSA) is 42.4 Å². The highest BCUT2D eigenvalue weighted by atomic mass is 16.5. The summed E-state index contributed by atoms with van der Waals surface area (Å²) in [6, 6.07) is 3.63. The fourth-order valence-corrected chi connectivity index (χ4v) is 1.85. The summed E-state index contributed by atoms with van der Waals surface area (Å²) >= 11 is 0. The molecule has 1 fully saturated rings. The van der Waals surface area contributed by atoms with Crippen LogP contribution in [0, 0.1) is 0 Å². The third-order valence-corrected chi connectivity index (χ3v) is 2.80. The van der Waals surface area contributed by atoms with Gasteiger partial charge in [0.1, 0.15) is 0 Å². The number of rotatable bonds is 1. The molecular formula is C12H16N2O2. The first-order chi connectivity index (χ1) is 7.68. The molecule has 1 aromatic rings. The van der Waals surface area contributed by atoms with Gasteiger partial charge in [0.25, 0.3) is 5.91 Å². The number of nitrogens with zero attached hydrogens (tertiary/aromatic N) is 2. The lowest BCUT2D eigenvalue weighted by atomic mass is 10.1. The summed E-state index contributed by atoms with van der Waals surface area (Å²) in [4.78, 5) is 18.0. The molecule has 1 aliphatic heterocycles. The second-order valence-corrected chi connectivity index (χ2v) is 4.19. The van der Waals surface area contributed by atoms with Gasteiger partial charge in [-0.2, -0.15) is 0 Å². The van der Waals surface area contributed by atoms with Crippen LogP contribution in [-0.4, -0.2) is 41.1 Å². The third kappa shape index (κ3) is 2.22. The number of aromatic nitrogens is 1. The minimum absolute atomic E-state index is 0.0602. The summed E-state index contributed by atoms with van der Waals surface area (Å²) in [5.41, 5.74) is 0.691. The molecule has 1 aromatic heterocycles. The smallest absolute Gasteiger partial charge is 0.254 e. The number of morpholine rings is 1. The average Bonchev–Trinajstić information content (AvgIpc) is 2.32. The fourth-order valence-electron chi connectivity index (χ4n) is 1.85. The third-order valence-electron chi connectivity index (χ3n) is 2.80. The van der Waals surface area contributed by atoms with Crippen molar-refractivity contribution in [3.05, 3.63) is 30.1 Å². The van der Waals surface area contributed by atoms with Crippen molar-refractivity contribution < 1.29 is 9.53 Å². The molecule has 4 nitrogen and oxygen atoms in total. The van der Waals surface area contributed by atoms with Gasteiger partial charge in [-0.25, -0.2) is 0 Å². The van der Waals surface area contributed by atoms with Gasteiger partial charge in [-0.15, -0.1) is 0 Å². The molecule has 0 bridgehead atoms. The number of hydrogen-bond donors (Lipinski definition) is 0. The first-order valence-corrected chi connectivity index (χ1v) is 5.51. The minimum atomic E-state index is 0.0602. The lowest BCUT2D eigenvalue weighted by Gasteiger charge is -2.36. The highest BCUT2D eigenvalue weighted by Crippen LogP contribution is 2.14. The maximum atomic E-state index is 12.2. The van der Waals surface area contributed by atoms with Crippen molar-refractivity contribution in [2.24, 2.45) is 0 Å². The van der Waals surface area contributed by atoms with Crippen LogP contribution >= 0.6 is 0 Å². The van der Waals surface area contributed by atoms with Gasteiger partial charge >= 0.3 is 0 Å². The van der Waals surface area contributed by atoms with Crippen LogP contribution in [0.4, 0.5) is 0 Å².